The van der Waals surface area contributed by atoms with Crippen molar-refractivity contribution in [3.05, 3.63) is 59.7 Å². The second-order valence-electron chi connectivity index (χ2n) is 6.00. The first-order valence-corrected chi connectivity index (χ1v) is 9.64. The highest BCUT2D eigenvalue weighted by atomic mass is 32.2. The van der Waals surface area contributed by atoms with Crippen LogP contribution in [-0.2, 0) is 10.0 Å². The number of nitrogens with two attached hydrogens (primary N) is 1. The first-order chi connectivity index (χ1) is 12.4. The van der Waals surface area contributed by atoms with Gasteiger partial charge in [0.1, 0.15) is 0 Å². The molecule has 1 aliphatic rings. The van der Waals surface area contributed by atoms with E-state index in [1.165, 1.54) is 34.6 Å². The van der Waals surface area contributed by atoms with Crippen molar-refractivity contribution in [2.24, 2.45) is 5.73 Å². The summed E-state index contributed by atoms with van der Waals surface area (Å²) < 4.78 is 26.7. The van der Waals surface area contributed by atoms with Gasteiger partial charge < -0.3 is 11.1 Å². The maximum Gasteiger partial charge on any atom is 0.255 e. The summed E-state index contributed by atoms with van der Waals surface area (Å²) in [4.78, 5) is 24.1. The number of carbonyl (C=O) groups is 2. The Hall–Kier alpha value is -2.71. The maximum atomic E-state index is 12.6. The molecule has 1 aliphatic heterocycles. The van der Waals surface area contributed by atoms with E-state index >= 15 is 0 Å². The van der Waals surface area contributed by atoms with Gasteiger partial charge in [0.2, 0.25) is 10.0 Å². The molecule has 1 heterocycles. The zero-order chi connectivity index (χ0) is 18.7. The topological polar surface area (TPSA) is 110 Å². The number of nitrogens with one attached hydrogen (secondary N) is 1. The molecule has 1 fully saturated rings. The second kappa shape index (κ2) is 7.27. The van der Waals surface area contributed by atoms with Crippen LogP contribution in [0.1, 0.15) is 33.6 Å². The van der Waals surface area contributed by atoms with Gasteiger partial charge in [-0.3, -0.25) is 9.59 Å². The molecule has 0 spiro atoms. The quantitative estimate of drug-likeness (QED) is 0.833. The normalized spacial score (nSPS) is 14.9. The number of nitrogens with zero attached hydrogens (tertiary/aromatic N) is 1. The minimum Gasteiger partial charge on any atom is -0.366 e. The van der Waals surface area contributed by atoms with Crippen molar-refractivity contribution in [3.63, 3.8) is 0 Å². The van der Waals surface area contributed by atoms with E-state index in [1.54, 1.807) is 18.2 Å². The Morgan fingerprint density at radius 1 is 1.00 bits per heavy atom. The predicted octanol–water partition coefficient (Wildman–Crippen LogP) is 1.82. The summed E-state index contributed by atoms with van der Waals surface area (Å²) in [6.07, 6.45) is 1.67. The zero-order valence-corrected chi connectivity index (χ0v) is 14.8. The lowest BCUT2D eigenvalue weighted by molar-refractivity contribution is 0.100. The van der Waals surface area contributed by atoms with Gasteiger partial charge >= 0.3 is 0 Å². The fourth-order valence-electron chi connectivity index (χ4n) is 2.88. The van der Waals surface area contributed by atoms with Crippen LogP contribution in [0.25, 0.3) is 0 Å². The summed E-state index contributed by atoms with van der Waals surface area (Å²) in [5.74, 6) is -1.18. The summed E-state index contributed by atoms with van der Waals surface area (Å²) in [5.41, 5.74) is 5.95. The van der Waals surface area contributed by atoms with Crippen molar-refractivity contribution in [3.8, 4) is 0 Å². The van der Waals surface area contributed by atoms with Crippen LogP contribution in [0.2, 0.25) is 0 Å². The minimum atomic E-state index is -3.61. The van der Waals surface area contributed by atoms with Crippen molar-refractivity contribution in [1.82, 2.24) is 4.31 Å². The summed E-state index contributed by atoms with van der Waals surface area (Å²) >= 11 is 0. The van der Waals surface area contributed by atoms with Crippen LogP contribution >= 0.6 is 0 Å². The number of rotatable bonds is 5. The number of benzene rings is 2. The second-order valence-corrected chi connectivity index (χ2v) is 7.94. The van der Waals surface area contributed by atoms with Crippen LogP contribution in [0.3, 0.4) is 0 Å². The van der Waals surface area contributed by atoms with E-state index in [4.69, 9.17) is 5.73 Å². The molecule has 3 rings (SSSR count). The average molecular weight is 373 g/mol. The molecule has 0 bridgehead atoms. The minimum absolute atomic E-state index is 0.0789. The number of hydrogen-bond donors (Lipinski definition) is 2. The van der Waals surface area contributed by atoms with E-state index in [0.29, 0.717) is 13.1 Å². The molecule has 0 saturated carbocycles. The molecule has 0 aliphatic carbocycles. The molecule has 0 unspecified atom stereocenters. The fourth-order valence-corrected chi connectivity index (χ4v) is 4.44. The Morgan fingerprint density at radius 2 is 1.69 bits per heavy atom. The number of primary amides is 1. The first kappa shape index (κ1) is 18.1. The standard InChI is InChI=1S/C18H19N3O4S/c19-17(22)15-8-1-2-9-16(15)20-18(23)13-6-5-7-14(12-13)26(24,25)21-10-3-4-11-21/h1-2,5-9,12H,3-4,10-11H2,(H2,19,22)(H,20,23). The Kier molecular flexibility index (Phi) is 5.06. The Bertz CT molecular complexity index is 950. The smallest absolute Gasteiger partial charge is 0.255 e. The Morgan fingerprint density at radius 3 is 2.38 bits per heavy atom. The van der Waals surface area contributed by atoms with Gasteiger partial charge in [-0.15, -0.1) is 0 Å². The molecular formula is C18H19N3O4S. The van der Waals surface area contributed by atoms with Crippen LogP contribution in [0.4, 0.5) is 5.69 Å². The Labute approximate surface area is 151 Å². The number of sulfonamides is 1. The molecular weight excluding hydrogens is 354 g/mol. The molecule has 7 nitrogen and oxygen atoms in total. The molecule has 2 aromatic rings. The number of para-hydroxylation sites is 1. The SMILES string of the molecule is NC(=O)c1ccccc1NC(=O)c1cccc(S(=O)(=O)N2CCCC2)c1. The van der Waals surface area contributed by atoms with Crippen molar-refractivity contribution in [1.29, 1.82) is 0 Å². The zero-order valence-electron chi connectivity index (χ0n) is 14.0. The van der Waals surface area contributed by atoms with E-state index in [-0.39, 0.29) is 21.7 Å². The number of anilines is 1. The van der Waals surface area contributed by atoms with Gasteiger partial charge in [-0.25, -0.2) is 8.42 Å². The third-order valence-corrected chi connectivity index (χ3v) is 6.13. The molecule has 0 atom stereocenters. The summed E-state index contributed by atoms with van der Waals surface area (Å²) in [6.45, 7) is 0.982. The molecule has 2 amide bonds. The largest absolute Gasteiger partial charge is 0.366 e. The third kappa shape index (κ3) is 3.61. The van der Waals surface area contributed by atoms with E-state index in [1.807, 2.05) is 0 Å². The molecule has 2 aromatic carbocycles. The molecule has 26 heavy (non-hydrogen) atoms. The van der Waals surface area contributed by atoms with Gasteiger partial charge in [0, 0.05) is 18.7 Å². The summed E-state index contributed by atoms with van der Waals surface area (Å²) in [7, 11) is -3.61. The van der Waals surface area contributed by atoms with Crippen molar-refractivity contribution in [2.45, 2.75) is 17.7 Å². The van der Waals surface area contributed by atoms with Gasteiger partial charge in [-0.05, 0) is 43.2 Å². The van der Waals surface area contributed by atoms with E-state index in [2.05, 4.69) is 5.32 Å². The summed E-state index contributed by atoms with van der Waals surface area (Å²) in [6, 6.07) is 12.2. The van der Waals surface area contributed by atoms with Gasteiger partial charge in [-0.2, -0.15) is 4.31 Å². The van der Waals surface area contributed by atoms with Crippen LogP contribution in [-0.4, -0.2) is 37.6 Å². The molecule has 0 radical (unpaired) electrons. The predicted molar refractivity (Wildman–Crippen MR) is 97.3 cm³/mol. The highest BCUT2D eigenvalue weighted by Crippen LogP contribution is 2.22. The lowest BCUT2D eigenvalue weighted by atomic mass is 10.1. The van der Waals surface area contributed by atoms with Gasteiger partial charge in [0.05, 0.1) is 16.1 Å². The van der Waals surface area contributed by atoms with Crippen LogP contribution in [0.15, 0.2) is 53.4 Å². The van der Waals surface area contributed by atoms with Gasteiger partial charge in [0.15, 0.2) is 0 Å². The van der Waals surface area contributed by atoms with Crippen LogP contribution < -0.4 is 11.1 Å². The van der Waals surface area contributed by atoms with E-state index in [9.17, 15) is 18.0 Å². The molecule has 1 saturated heterocycles. The lowest BCUT2D eigenvalue weighted by Gasteiger charge is -2.16. The maximum absolute atomic E-state index is 12.6. The average Bonchev–Trinajstić information content (AvgIpc) is 3.17. The van der Waals surface area contributed by atoms with Gasteiger partial charge in [-0.1, -0.05) is 18.2 Å². The van der Waals surface area contributed by atoms with Crippen LogP contribution in [0, 0.1) is 0 Å². The van der Waals surface area contributed by atoms with Crippen molar-refractivity contribution >= 4 is 27.5 Å². The Balaban J connectivity index is 1.87. The van der Waals surface area contributed by atoms with Crippen molar-refractivity contribution < 1.29 is 18.0 Å². The molecule has 8 heteroatoms. The molecule has 136 valence electrons. The fraction of sp³-hybridized carbons (Fsp3) is 0.222. The molecule has 0 aromatic heterocycles. The van der Waals surface area contributed by atoms with E-state index < -0.39 is 21.8 Å². The monoisotopic (exact) mass is 373 g/mol. The highest BCUT2D eigenvalue weighted by molar-refractivity contribution is 7.89. The third-order valence-electron chi connectivity index (χ3n) is 4.24. The van der Waals surface area contributed by atoms with Gasteiger partial charge in [0.25, 0.3) is 11.8 Å². The van der Waals surface area contributed by atoms with Crippen LogP contribution in [0.5, 0.6) is 0 Å². The van der Waals surface area contributed by atoms with E-state index in [0.717, 1.165) is 12.8 Å². The number of amides is 2. The number of carbonyl (C=O) groups excluding carboxylic acids is 2. The lowest BCUT2D eigenvalue weighted by Crippen LogP contribution is -2.28. The van der Waals surface area contributed by atoms with Crippen molar-refractivity contribution in [2.75, 3.05) is 18.4 Å². The highest BCUT2D eigenvalue weighted by Gasteiger charge is 2.27. The first-order valence-electron chi connectivity index (χ1n) is 8.20. The number of hydrogen-bond acceptors (Lipinski definition) is 4. The molecule has 3 N–H and O–H groups in total. The summed E-state index contributed by atoms with van der Waals surface area (Å²) in [5, 5.41) is 2.61.